The first kappa shape index (κ1) is 18.2. The number of guanidine groups is 1. The van der Waals surface area contributed by atoms with Crippen LogP contribution in [0.2, 0.25) is 0 Å². The van der Waals surface area contributed by atoms with Gasteiger partial charge in [-0.25, -0.2) is 9.98 Å². The first-order valence-corrected chi connectivity index (χ1v) is 9.04. The van der Waals surface area contributed by atoms with Crippen LogP contribution in [0.1, 0.15) is 16.7 Å². The Hall–Kier alpha value is -2.60. The van der Waals surface area contributed by atoms with Crippen molar-refractivity contribution in [2.24, 2.45) is 10.7 Å². The van der Waals surface area contributed by atoms with Crippen molar-refractivity contribution in [3.63, 3.8) is 0 Å². The van der Waals surface area contributed by atoms with Gasteiger partial charge in [0.2, 0.25) is 0 Å². The van der Waals surface area contributed by atoms with Gasteiger partial charge in [0.15, 0.2) is 5.96 Å². The molecule has 0 bridgehead atoms. The van der Waals surface area contributed by atoms with Crippen molar-refractivity contribution in [3.8, 4) is 0 Å². The molecule has 2 heterocycles. The molecular weight excluding hydrogens is 324 g/mol. The number of piperazine rings is 1. The van der Waals surface area contributed by atoms with Crippen molar-refractivity contribution >= 4 is 17.5 Å². The quantitative estimate of drug-likeness (QED) is 0.653. The van der Waals surface area contributed by atoms with Gasteiger partial charge in [-0.1, -0.05) is 12.1 Å². The number of hydrogen-bond donors (Lipinski definition) is 2. The average Bonchev–Trinajstić information content (AvgIpc) is 2.64. The third kappa shape index (κ3) is 4.52. The monoisotopic (exact) mass is 352 g/mol. The van der Waals surface area contributed by atoms with E-state index in [0.717, 1.165) is 43.2 Å². The molecule has 138 valence electrons. The number of benzene rings is 1. The Kier molecular flexibility index (Phi) is 5.73. The van der Waals surface area contributed by atoms with Crippen molar-refractivity contribution in [1.29, 1.82) is 0 Å². The molecule has 0 aliphatic carbocycles. The predicted octanol–water partition coefficient (Wildman–Crippen LogP) is 2.38. The molecule has 1 fully saturated rings. The molecule has 6 nitrogen and oxygen atoms in total. The summed E-state index contributed by atoms with van der Waals surface area (Å²) < 4.78 is 0. The fourth-order valence-corrected chi connectivity index (χ4v) is 3.03. The largest absolute Gasteiger partial charge is 0.370 e. The van der Waals surface area contributed by atoms with Gasteiger partial charge in [-0.15, -0.1) is 0 Å². The molecule has 1 saturated heterocycles. The third-order valence-corrected chi connectivity index (χ3v) is 4.87. The average molecular weight is 352 g/mol. The number of aromatic nitrogens is 1. The van der Waals surface area contributed by atoms with Crippen molar-refractivity contribution < 1.29 is 0 Å². The van der Waals surface area contributed by atoms with Gasteiger partial charge >= 0.3 is 0 Å². The highest BCUT2D eigenvalue weighted by Gasteiger charge is 2.17. The molecule has 0 unspecified atom stereocenters. The summed E-state index contributed by atoms with van der Waals surface area (Å²) in [4.78, 5) is 13.8. The second kappa shape index (κ2) is 8.19. The van der Waals surface area contributed by atoms with Gasteiger partial charge in [0.1, 0.15) is 5.82 Å². The summed E-state index contributed by atoms with van der Waals surface area (Å²) in [5.74, 6) is 1.43. The van der Waals surface area contributed by atoms with Crippen molar-refractivity contribution in [2.75, 3.05) is 43.4 Å². The standard InChI is InChI=1S/C20H28N6/c1-15-6-7-18(13-16(15)2)24-20(21)23-14-17-5-4-8-22-19(17)26-11-9-25(3)10-12-26/h4-8,13H,9-12,14H2,1-3H3,(H3,21,23,24). The summed E-state index contributed by atoms with van der Waals surface area (Å²) in [5, 5.41) is 3.17. The number of rotatable bonds is 4. The summed E-state index contributed by atoms with van der Waals surface area (Å²) in [7, 11) is 2.15. The summed E-state index contributed by atoms with van der Waals surface area (Å²) in [6, 6.07) is 10.2. The van der Waals surface area contributed by atoms with Crippen molar-refractivity contribution in [3.05, 3.63) is 53.2 Å². The lowest BCUT2D eigenvalue weighted by atomic mass is 10.1. The molecule has 2 aromatic rings. The zero-order chi connectivity index (χ0) is 18.5. The normalized spacial score (nSPS) is 16.0. The van der Waals surface area contributed by atoms with Crippen LogP contribution in [0.15, 0.2) is 41.5 Å². The molecule has 0 spiro atoms. The molecule has 0 saturated carbocycles. The number of nitrogens with one attached hydrogen (secondary N) is 1. The van der Waals surface area contributed by atoms with Crippen LogP contribution in [0, 0.1) is 13.8 Å². The highest BCUT2D eigenvalue weighted by molar-refractivity contribution is 5.92. The smallest absolute Gasteiger partial charge is 0.193 e. The van der Waals surface area contributed by atoms with Crippen LogP contribution in [0.5, 0.6) is 0 Å². The summed E-state index contributed by atoms with van der Waals surface area (Å²) in [5.41, 5.74) is 10.6. The number of pyridine rings is 1. The molecule has 1 aliphatic rings. The van der Waals surface area contributed by atoms with Crippen LogP contribution < -0.4 is 16.0 Å². The van der Waals surface area contributed by atoms with E-state index in [1.54, 1.807) is 0 Å². The van der Waals surface area contributed by atoms with Gasteiger partial charge in [0, 0.05) is 43.6 Å². The lowest BCUT2D eigenvalue weighted by Crippen LogP contribution is -2.45. The third-order valence-electron chi connectivity index (χ3n) is 4.87. The summed E-state index contributed by atoms with van der Waals surface area (Å²) in [6.45, 7) is 8.77. The molecule has 1 aromatic heterocycles. The topological polar surface area (TPSA) is 69.8 Å². The second-order valence-electron chi connectivity index (χ2n) is 6.90. The number of hydrogen-bond acceptors (Lipinski definition) is 4. The maximum absolute atomic E-state index is 6.09. The number of anilines is 2. The number of likely N-dealkylation sites (N-methyl/N-ethyl adjacent to an activating group) is 1. The molecule has 26 heavy (non-hydrogen) atoms. The molecular formula is C20H28N6. The van der Waals surface area contributed by atoms with Crippen LogP contribution in [0.4, 0.5) is 11.5 Å². The first-order valence-electron chi connectivity index (χ1n) is 9.04. The minimum atomic E-state index is 0.418. The zero-order valence-electron chi connectivity index (χ0n) is 15.9. The van der Waals surface area contributed by atoms with Crippen LogP contribution >= 0.6 is 0 Å². The Balaban J connectivity index is 1.68. The minimum absolute atomic E-state index is 0.418. The molecule has 6 heteroatoms. The molecule has 1 aromatic carbocycles. The molecule has 0 radical (unpaired) electrons. The molecule has 1 aliphatic heterocycles. The Morgan fingerprint density at radius 1 is 1.15 bits per heavy atom. The predicted molar refractivity (Wildman–Crippen MR) is 109 cm³/mol. The number of nitrogens with two attached hydrogens (primary N) is 1. The molecule has 3 rings (SSSR count). The number of aryl methyl sites for hydroxylation is 2. The number of nitrogens with zero attached hydrogens (tertiary/aromatic N) is 4. The van der Waals surface area contributed by atoms with Crippen molar-refractivity contribution in [1.82, 2.24) is 9.88 Å². The van der Waals surface area contributed by atoms with Crippen LogP contribution in [0.3, 0.4) is 0 Å². The molecule has 0 atom stereocenters. The van der Waals surface area contributed by atoms with E-state index >= 15 is 0 Å². The van der Waals surface area contributed by atoms with Crippen LogP contribution in [-0.4, -0.2) is 49.1 Å². The van der Waals surface area contributed by atoms with Gasteiger partial charge in [0.25, 0.3) is 0 Å². The Bertz CT molecular complexity index is 778. The fraction of sp³-hybridized carbons (Fsp3) is 0.400. The van der Waals surface area contributed by atoms with Gasteiger partial charge in [-0.05, 0) is 50.2 Å². The summed E-state index contributed by atoms with van der Waals surface area (Å²) >= 11 is 0. The van der Waals surface area contributed by atoms with E-state index in [9.17, 15) is 0 Å². The maximum atomic E-state index is 6.09. The van der Waals surface area contributed by atoms with Crippen LogP contribution in [-0.2, 0) is 6.54 Å². The Labute approximate surface area is 155 Å². The Morgan fingerprint density at radius 3 is 2.65 bits per heavy atom. The fourth-order valence-electron chi connectivity index (χ4n) is 3.03. The molecule has 3 N–H and O–H groups in total. The minimum Gasteiger partial charge on any atom is -0.370 e. The van der Waals surface area contributed by atoms with Gasteiger partial charge in [-0.2, -0.15) is 0 Å². The van der Waals surface area contributed by atoms with E-state index in [4.69, 9.17) is 5.73 Å². The first-order chi connectivity index (χ1) is 12.5. The zero-order valence-corrected chi connectivity index (χ0v) is 15.9. The van der Waals surface area contributed by atoms with E-state index in [1.165, 1.54) is 11.1 Å². The molecule has 0 amide bonds. The Morgan fingerprint density at radius 2 is 1.92 bits per heavy atom. The van der Waals surface area contributed by atoms with Crippen LogP contribution in [0.25, 0.3) is 0 Å². The van der Waals surface area contributed by atoms with E-state index < -0.39 is 0 Å². The van der Waals surface area contributed by atoms with E-state index in [-0.39, 0.29) is 0 Å². The second-order valence-corrected chi connectivity index (χ2v) is 6.90. The highest BCUT2D eigenvalue weighted by Crippen LogP contribution is 2.20. The van der Waals surface area contributed by atoms with Gasteiger partial charge < -0.3 is 20.9 Å². The van der Waals surface area contributed by atoms with E-state index in [2.05, 4.69) is 64.2 Å². The van der Waals surface area contributed by atoms with Crippen molar-refractivity contribution in [2.45, 2.75) is 20.4 Å². The number of aliphatic imine (C=N–C) groups is 1. The maximum Gasteiger partial charge on any atom is 0.193 e. The summed E-state index contributed by atoms with van der Waals surface area (Å²) in [6.07, 6.45) is 1.84. The van der Waals surface area contributed by atoms with E-state index in [1.807, 2.05) is 18.3 Å². The lowest BCUT2D eigenvalue weighted by molar-refractivity contribution is 0.312. The van der Waals surface area contributed by atoms with E-state index in [0.29, 0.717) is 12.5 Å². The SMILES string of the molecule is Cc1ccc(NC(N)=NCc2cccnc2N2CCN(C)CC2)cc1C. The lowest BCUT2D eigenvalue weighted by Gasteiger charge is -2.34. The highest BCUT2D eigenvalue weighted by atomic mass is 15.3. The van der Waals surface area contributed by atoms with Gasteiger partial charge in [-0.3, -0.25) is 0 Å². The van der Waals surface area contributed by atoms with Gasteiger partial charge in [0.05, 0.1) is 6.54 Å².